The van der Waals surface area contributed by atoms with Crippen molar-refractivity contribution in [1.82, 2.24) is 5.48 Å². The first-order valence-electron chi connectivity index (χ1n) is 4.16. The molecule has 1 aromatic rings. The summed E-state index contributed by atoms with van der Waals surface area (Å²) in [5.41, 5.74) is 7.95. The predicted octanol–water partition coefficient (Wildman–Crippen LogP) is 0.630. The van der Waals surface area contributed by atoms with Gasteiger partial charge in [0.15, 0.2) is 6.21 Å². The second kappa shape index (κ2) is 4.98. The zero-order valence-electron chi connectivity index (χ0n) is 7.88. The van der Waals surface area contributed by atoms with Crippen LogP contribution in [0.2, 0.25) is 0 Å². The van der Waals surface area contributed by atoms with Crippen LogP contribution in [0.4, 0.5) is 5.69 Å². The first-order valence-corrected chi connectivity index (χ1v) is 4.16. The van der Waals surface area contributed by atoms with Gasteiger partial charge in [-0.3, -0.25) is 5.21 Å². The first-order chi connectivity index (χ1) is 6.77. The molecule has 1 aromatic carbocycles. The van der Waals surface area contributed by atoms with Crippen LogP contribution in [-0.4, -0.2) is 22.1 Å². The SMILES string of the molecule is CC=[N+](N=C(N)NO)c1ccccc1. The molecule has 0 aliphatic rings. The van der Waals surface area contributed by atoms with Crippen LogP contribution in [-0.2, 0) is 0 Å². The Morgan fingerprint density at radius 1 is 1.50 bits per heavy atom. The minimum Gasteiger partial charge on any atom is -0.363 e. The number of para-hydroxylation sites is 1. The molecule has 4 N–H and O–H groups in total. The first kappa shape index (κ1) is 10.2. The summed E-state index contributed by atoms with van der Waals surface area (Å²) in [6, 6.07) is 9.46. The second-order valence-electron chi connectivity index (χ2n) is 2.54. The molecule has 0 saturated heterocycles. The lowest BCUT2D eigenvalue weighted by Crippen LogP contribution is -2.29. The summed E-state index contributed by atoms with van der Waals surface area (Å²) in [6.45, 7) is 1.82. The van der Waals surface area contributed by atoms with E-state index in [1.54, 1.807) is 16.4 Å². The van der Waals surface area contributed by atoms with Gasteiger partial charge in [-0.25, -0.2) is 5.48 Å². The minimum atomic E-state index is -0.0630. The fraction of sp³-hybridized carbons (Fsp3) is 0.111. The third kappa shape index (κ3) is 2.56. The molecule has 74 valence electrons. The summed E-state index contributed by atoms with van der Waals surface area (Å²) in [5.74, 6) is -0.0630. The van der Waals surface area contributed by atoms with Crippen molar-refractivity contribution in [2.75, 3.05) is 0 Å². The Morgan fingerprint density at radius 2 is 2.14 bits per heavy atom. The van der Waals surface area contributed by atoms with Gasteiger partial charge in [-0.15, -0.1) is 0 Å². The minimum absolute atomic E-state index is 0.0630. The molecule has 0 unspecified atom stereocenters. The molecule has 1 rings (SSSR count). The maximum atomic E-state index is 8.48. The van der Waals surface area contributed by atoms with E-state index in [1.807, 2.05) is 37.3 Å². The van der Waals surface area contributed by atoms with E-state index in [2.05, 4.69) is 5.10 Å². The predicted molar refractivity (Wildman–Crippen MR) is 54.6 cm³/mol. The monoisotopic (exact) mass is 193 g/mol. The third-order valence-corrected chi connectivity index (χ3v) is 1.60. The number of nitrogens with two attached hydrogens (primary N) is 1. The maximum absolute atomic E-state index is 8.48. The quantitative estimate of drug-likeness (QED) is 0.279. The summed E-state index contributed by atoms with van der Waals surface area (Å²) >= 11 is 0. The smallest absolute Gasteiger partial charge is 0.283 e. The van der Waals surface area contributed by atoms with Crippen molar-refractivity contribution in [1.29, 1.82) is 0 Å². The molecule has 0 fully saturated rings. The van der Waals surface area contributed by atoms with Crippen molar-refractivity contribution in [2.45, 2.75) is 6.92 Å². The maximum Gasteiger partial charge on any atom is 0.283 e. The summed E-state index contributed by atoms with van der Waals surface area (Å²) < 4.78 is 1.55. The van der Waals surface area contributed by atoms with Gasteiger partial charge in [0.1, 0.15) is 0 Å². The Bertz CT molecular complexity index is 345. The van der Waals surface area contributed by atoms with E-state index in [0.29, 0.717) is 0 Å². The van der Waals surface area contributed by atoms with Gasteiger partial charge in [-0.2, -0.15) is 0 Å². The Balaban J connectivity index is 2.96. The summed E-state index contributed by atoms with van der Waals surface area (Å²) in [5, 5.41) is 12.4. The summed E-state index contributed by atoms with van der Waals surface area (Å²) in [7, 11) is 0. The lowest BCUT2D eigenvalue weighted by atomic mass is 10.3. The molecule has 0 atom stereocenters. The number of hydrogen-bond donors (Lipinski definition) is 3. The van der Waals surface area contributed by atoms with Gasteiger partial charge in [-0.05, 0) is 0 Å². The van der Waals surface area contributed by atoms with Crippen molar-refractivity contribution in [3.05, 3.63) is 30.3 Å². The lowest BCUT2D eigenvalue weighted by Gasteiger charge is -1.95. The molecule has 0 aromatic heterocycles. The molecule has 5 nitrogen and oxygen atoms in total. The molecule has 0 radical (unpaired) electrons. The number of hydroxylamine groups is 1. The van der Waals surface area contributed by atoms with Gasteiger partial charge in [0, 0.05) is 24.2 Å². The highest BCUT2D eigenvalue weighted by molar-refractivity contribution is 5.76. The van der Waals surface area contributed by atoms with Crippen LogP contribution >= 0.6 is 0 Å². The van der Waals surface area contributed by atoms with Crippen molar-refractivity contribution in [3.63, 3.8) is 0 Å². The molecule has 14 heavy (non-hydrogen) atoms. The normalized spacial score (nSPS) is 12.7. The fourth-order valence-corrected chi connectivity index (χ4v) is 0.984. The van der Waals surface area contributed by atoms with E-state index in [4.69, 9.17) is 10.9 Å². The Morgan fingerprint density at radius 3 is 2.64 bits per heavy atom. The number of hydrogen-bond acceptors (Lipinski definition) is 2. The number of rotatable bonds is 2. The molecular formula is C9H13N4O+. The zero-order valence-corrected chi connectivity index (χ0v) is 7.88. The summed E-state index contributed by atoms with van der Waals surface area (Å²) in [6.07, 6.45) is 1.74. The van der Waals surface area contributed by atoms with Crippen LogP contribution < -0.4 is 11.2 Å². The van der Waals surface area contributed by atoms with E-state index >= 15 is 0 Å². The topological polar surface area (TPSA) is 73.7 Å². The zero-order chi connectivity index (χ0) is 10.4. The van der Waals surface area contributed by atoms with E-state index in [1.165, 1.54) is 0 Å². The number of nitrogens with one attached hydrogen (secondary N) is 1. The van der Waals surface area contributed by atoms with Crippen molar-refractivity contribution < 1.29 is 9.89 Å². The van der Waals surface area contributed by atoms with Crippen LogP contribution in [0.15, 0.2) is 35.4 Å². The lowest BCUT2D eigenvalue weighted by molar-refractivity contribution is -0.441. The van der Waals surface area contributed by atoms with Gasteiger partial charge in [0.05, 0.1) is 0 Å². The molecule has 0 aliphatic carbocycles. The van der Waals surface area contributed by atoms with Crippen molar-refractivity contribution in [2.24, 2.45) is 10.8 Å². The number of guanidine groups is 1. The Kier molecular flexibility index (Phi) is 3.63. The van der Waals surface area contributed by atoms with E-state index in [-0.39, 0.29) is 5.96 Å². The van der Waals surface area contributed by atoms with Crippen LogP contribution in [0.25, 0.3) is 0 Å². The second-order valence-corrected chi connectivity index (χ2v) is 2.54. The molecular weight excluding hydrogens is 180 g/mol. The van der Waals surface area contributed by atoms with Crippen molar-refractivity contribution in [3.8, 4) is 0 Å². The average molecular weight is 193 g/mol. The van der Waals surface area contributed by atoms with Gasteiger partial charge in [0.2, 0.25) is 5.69 Å². The van der Waals surface area contributed by atoms with Gasteiger partial charge >= 0.3 is 0 Å². The standard InChI is InChI=1S/C9H13N4O/c1-2-13(11-9(10)12-14)8-6-4-3-5-7-8/h2-7,14H,1H3,(H3,10,11,12)/q+1. The number of benzene rings is 1. The highest BCUT2D eigenvalue weighted by Crippen LogP contribution is 2.09. The highest BCUT2D eigenvalue weighted by atomic mass is 16.5. The van der Waals surface area contributed by atoms with Crippen LogP contribution in [0.3, 0.4) is 0 Å². The fourth-order valence-electron chi connectivity index (χ4n) is 0.984. The van der Waals surface area contributed by atoms with Gasteiger partial charge < -0.3 is 5.73 Å². The Hall–Kier alpha value is -1.88. The molecule has 0 spiro atoms. The molecule has 0 amide bonds. The van der Waals surface area contributed by atoms with Gasteiger partial charge in [-0.1, -0.05) is 22.9 Å². The molecule has 0 aliphatic heterocycles. The highest BCUT2D eigenvalue weighted by Gasteiger charge is 2.06. The number of nitrogens with zero attached hydrogens (tertiary/aromatic N) is 2. The molecule has 5 heteroatoms. The molecule has 0 saturated carbocycles. The Labute approximate surface area is 82.1 Å². The molecule has 0 heterocycles. The average Bonchev–Trinajstić information content (AvgIpc) is 2.26. The van der Waals surface area contributed by atoms with Crippen LogP contribution in [0.1, 0.15) is 6.92 Å². The van der Waals surface area contributed by atoms with E-state index in [0.717, 1.165) is 5.69 Å². The summed E-state index contributed by atoms with van der Waals surface area (Å²) in [4.78, 5) is 0. The third-order valence-electron chi connectivity index (χ3n) is 1.60. The van der Waals surface area contributed by atoms with E-state index < -0.39 is 0 Å². The number of hydrazone groups is 1. The van der Waals surface area contributed by atoms with Crippen molar-refractivity contribution >= 4 is 17.9 Å². The largest absolute Gasteiger partial charge is 0.363 e. The van der Waals surface area contributed by atoms with Crippen LogP contribution in [0.5, 0.6) is 0 Å². The van der Waals surface area contributed by atoms with Crippen LogP contribution in [0, 0.1) is 0 Å². The van der Waals surface area contributed by atoms with E-state index in [9.17, 15) is 0 Å². The van der Waals surface area contributed by atoms with Gasteiger partial charge in [0.25, 0.3) is 5.96 Å². The molecule has 0 bridgehead atoms.